The second-order valence-corrected chi connectivity index (χ2v) is 5.51. The van der Waals surface area contributed by atoms with Crippen molar-refractivity contribution in [2.45, 2.75) is 31.6 Å². The standard InChI is InChI=1S/C12H17N3O4/c1-6-3-15(11(18)14-10(6)13)7-2-12(4-16)5-19-8(7)9(12)17/h3,7-9,16-17H,2,4-5H2,1H3,(H2,13,14,18)/t7-,8-,9?,12-/m1/s1. The molecule has 4 N–H and O–H groups in total. The van der Waals surface area contributed by atoms with E-state index in [2.05, 4.69) is 4.98 Å². The number of nitrogen functional groups attached to an aromatic ring is 1. The van der Waals surface area contributed by atoms with E-state index in [-0.39, 0.29) is 18.5 Å². The van der Waals surface area contributed by atoms with Crippen LogP contribution in [-0.4, -0.2) is 45.2 Å². The molecule has 4 atom stereocenters. The van der Waals surface area contributed by atoms with Crippen molar-refractivity contribution in [2.24, 2.45) is 5.41 Å². The van der Waals surface area contributed by atoms with Crippen LogP contribution in [0.4, 0.5) is 5.82 Å². The highest BCUT2D eigenvalue weighted by Gasteiger charge is 2.59. The van der Waals surface area contributed by atoms with Gasteiger partial charge in [-0.15, -0.1) is 0 Å². The molecule has 19 heavy (non-hydrogen) atoms. The molecule has 0 spiro atoms. The molecule has 1 unspecified atom stereocenters. The minimum atomic E-state index is -0.757. The molecule has 0 amide bonds. The Morgan fingerprint density at radius 3 is 3.05 bits per heavy atom. The molecule has 3 rings (SSSR count). The second kappa shape index (κ2) is 4.03. The van der Waals surface area contributed by atoms with Crippen molar-refractivity contribution in [1.82, 2.24) is 9.55 Å². The third-order valence-corrected chi connectivity index (χ3v) is 4.34. The molecule has 2 bridgehead atoms. The van der Waals surface area contributed by atoms with Gasteiger partial charge in [0.2, 0.25) is 0 Å². The van der Waals surface area contributed by atoms with Gasteiger partial charge in [0.25, 0.3) is 0 Å². The van der Waals surface area contributed by atoms with Crippen LogP contribution in [0.3, 0.4) is 0 Å². The van der Waals surface area contributed by atoms with Gasteiger partial charge in [0.1, 0.15) is 11.9 Å². The van der Waals surface area contributed by atoms with Gasteiger partial charge >= 0.3 is 5.69 Å². The fraction of sp³-hybridized carbons (Fsp3) is 0.667. The predicted octanol–water partition coefficient (Wildman–Crippen LogP) is -1.18. The summed E-state index contributed by atoms with van der Waals surface area (Å²) in [6.07, 6.45) is 0.902. The first-order valence-electron chi connectivity index (χ1n) is 6.24. The summed E-state index contributed by atoms with van der Waals surface area (Å²) in [5, 5.41) is 19.7. The van der Waals surface area contributed by atoms with Gasteiger partial charge in [-0.25, -0.2) is 4.79 Å². The molecule has 1 saturated heterocycles. The molecular weight excluding hydrogens is 250 g/mol. The molecule has 1 saturated carbocycles. The van der Waals surface area contributed by atoms with E-state index in [0.29, 0.717) is 18.6 Å². The number of hydrogen-bond donors (Lipinski definition) is 3. The second-order valence-electron chi connectivity index (χ2n) is 5.51. The molecule has 0 radical (unpaired) electrons. The molecule has 1 aliphatic heterocycles. The van der Waals surface area contributed by atoms with Crippen LogP contribution in [0.25, 0.3) is 0 Å². The zero-order valence-electron chi connectivity index (χ0n) is 10.6. The molecule has 0 aromatic carbocycles. The largest absolute Gasteiger partial charge is 0.396 e. The van der Waals surface area contributed by atoms with Gasteiger partial charge in [0, 0.05) is 17.2 Å². The van der Waals surface area contributed by atoms with Crippen molar-refractivity contribution in [1.29, 1.82) is 0 Å². The molecule has 2 fully saturated rings. The number of aliphatic hydroxyl groups is 2. The number of aromatic nitrogens is 2. The SMILES string of the molecule is Cc1cn([C@@H]2C[C@@]3(CO)CO[C@H]2C3O)c(=O)nc1N. The number of aliphatic hydroxyl groups excluding tert-OH is 2. The summed E-state index contributed by atoms with van der Waals surface area (Å²) in [5.74, 6) is 0.211. The van der Waals surface area contributed by atoms with Gasteiger partial charge in [-0.3, -0.25) is 4.57 Å². The first-order valence-corrected chi connectivity index (χ1v) is 6.24. The lowest BCUT2D eigenvalue weighted by Crippen LogP contribution is -2.36. The van der Waals surface area contributed by atoms with E-state index < -0.39 is 23.3 Å². The summed E-state index contributed by atoms with van der Waals surface area (Å²) in [6.45, 7) is 1.93. The number of nitrogens with two attached hydrogens (primary N) is 1. The summed E-state index contributed by atoms with van der Waals surface area (Å²) < 4.78 is 6.98. The molecular formula is C12H17N3O4. The molecule has 7 nitrogen and oxygen atoms in total. The lowest BCUT2D eigenvalue weighted by atomic mass is 9.87. The predicted molar refractivity (Wildman–Crippen MR) is 66.6 cm³/mol. The van der Waals surface area contributed by atoms with Crippen LogP contribution in [0.15, 0.2) is 11.0 Å². The van der Waals surface area contributed by atoms with Crippen molar-refractivity contribution in [3.8, 4) is 0 Å². The third-order valence-electron chi connectivity index (χ3n) is 4.34. The molecule has 1 aromatic heterocycles. The normalized spacial score (nSPS) is 36.9. The highest BCUT2D eigenvalue weighted by molar-refractivity contribution is 5.35. The smallest absolute Gasteiger partial charge is 0.349 e. The van der Waals surface area contributed by atoms with E-state index in [9.17, 15) is 15.0 Å². The lowest BCUT2D eigenvalue weighted by molar-refractivity contribution is -0.00374. The first kappa shape index (κ1) is 12.6. The summed E-state index contributed by atoms with van der Waals surface area (Å²) >= 11 is 0. The maximum Gasteiger partial charge on any atom is 0.349 e. The van der Waals surface area contributed by atoms with E-state index in [0.717, 1.165) is 0 Å². The number of fused-ring (bicyclic) bond motifs is 2. The maximum absolute atomic E-state index is 11.9. The number of ether oxygens (including phenoxy) is 1. The van der Waals surface area contributed by atoms with Crippen LogP contribution < -0.4 is 11.4 Å². The number of rotatable bonds is 2. The molecule has 104 valence electrons. The fourth-order valence-electron chi connectivity index (χ4n) is 3.10. The molecule has 2 heterocycles. The van der Waals surface area contributed by atoms with Crippen molar-refractivity contribution < 1.29 is 14.9 Å². The minimum absolute atomic E-state index is 0.155. The molecule has 7 heteroatoms. The van der Waals surface area contributed by atoms with Gasteiger partial charge in [-0.05, 0) is 13.3 Å². The van der Waals surface area contributed by atoms with Gasteiger partial charge in [0.05, 0.1) is 25.4 Å². The Morgan fingerprint density at radius 2 is 2.42 bits per heavy atom. The van der Waals surface area contributed by atoms with Crippen molar-refractivity contribution in [2.75, 3.05) is 18.9 Å². The maximum atomic E-state index is 11.9. The van der Waals surface area contributed by atoms with Gasteiger partial charge in [0.15, 0.2) is 0 Å². The van der Waals surface area contributed by atoms with E-state index in [1.54, 1.807) is 13.1 Å². The Kier molecular flexibility index (Phi) is 2.67. The van der Waals surface area contributed by atoms with Crippen LogP contribution in [0, 0.1) is 12.3 Å². The van der Waals surface area contributed by atoms with Crippen molar-refractivity contribution in [3.63, 3.8) is 0 Å². The van der Waals surface area contributed by atoms with E-state index in [4.69, 9.17) is 10.5 Å². The van der Waals surface area contributed by atoms with Crippen LogP contribution in [-0.2, 0) is 4.74 Å². The Hall–Kier alpha value is -1.44. The van der Waals surface area contributed by atoms with E-state index in [1.165, 1.54) is 4.57 Å². The Bertz CT molecular complexity index is 573. The number of aryl methyl sites for hydroxylation is 1. The van der Waals surface area contributed by atoms with Crippen molar-refractivity contribution in [3.05, 3.63) is 22.2 Å². The van der Waals surface area contributed by atoms with Crippen LogP contribution in [0.5, 0.6) is 0 Å². The van der Waals surface area contributed by atoms with E-state index in [1.807, 2.05) is 0 Å². The Morgan fingerprint density at radius 1 is 1.68 bits per heavy atom. The number of anilines is 1. The lowest BCUT2D eigenvalue weighted by Gasteiger charge is -2.28. The molecule has 1 aliphatic carbocycles. The quantitative estimate of drug-likeness (QED) is 0.622. The summed E-state index contributed by atoms with van der Waals surface area (Å²) in [7, 11) is 0. The molecule has 1 aromatic rings. The summed E-state index contributed by atoms with van der Waals surface area (Å²) in [6, 6.07) is -0.310. The number of nitrogens with zero attached hydrogens (tertiary/aromatic N) is 2. The van der Waals surface area contributed by atoms with Crippen molar-refractivity contribution >= 4 is 5.82 Å². The average molecular weight is 267 g/mol. The van der Waals surface area contributed by atoms with E-state index >= 15 is 0 Å². The number of hydrogen-bond acceptors (Lipinski definition) is 6. The summed E-state index contributed by atoms with van der Waals surface area (Å²) in [5.41, 5.74) is 5.19. The van der Waals surface area contributed by atoms with Crippen LogP contribution in [0.1, 0.15) is 18.0 Å². The average Bonchev–Trinajstić information content (AvgIpc) is 2.85. The van der Waals surface area contributed by atoms with Gasteiger partial charge in [-0.2, -0.15) is 4.98 Å². The Labute approximate surface area is 109 Å². The fourth-order valence-corrected chi connectivity index (χ4v) is 3.10. The van der Waals surface area contributed by atoms with Gasteiger partial charge in [-0.1, -0.05) is 0 Å². The topological polar surface area (TPSA) is 111 Å². The first-order chi connectivity index (χ1) is 8.98. The monoisotopic (exact) mass is 267 g/mol. The highest BCUT2D eigenvalue weighted by atomic mass is 16.5. The van der Waals surface area contributed by atoms with Crippen LogP contribution >= 0.6 is 0 Å². The minimum Gasteiger partial charge on any atom is -0.396 e. The van der Waals surface area contributed by atoms with Crippen LogP contribution in [0.2, 0.25) is 0 Å². The highest BCUT2D eigenvalue weighted by Crippen LogP contribution is 2.51. The van der Waals surface area contributed by atoms with Gasteiger partial charge < -0.3 is 20.7 Å². The third kappa shape index (κ3) is 1.62. The molecule has 2 aliphatic rings. The zero-order chi connectivity index (χ0) is 13.8. The summed E-state index contributed by atoms with van der Waals surface area (Å²) in [4.78, 5) is 15.7. The Balaban J connectivity index is 2.02. The zero-order valence-corrected chi connectivity index (χ0v) is 10.6.